The van der Waals surface area contributed by atoms with Crippen molar-refractivity contribution >= 4 is 22.5 Å². The number of nitrogens with one attached hydrogen (secondary N) is 2. The minimum absolute atomic E-state index is 0.292. The summed E-state index contributed by atoms with van der Waals surface area (Å²) in [4.78, 5) is 14.7. The third kappa shape index (κ3) is 3.65. The van der Waals surface area contributed by atoms with Gasteiger partial charge in [0, 0.05) is 50.2 Å². The molecule has 4 rings (SSSR count). The number of hydrogen-bond acceptors (Lipinski definition) is 5. The second-order valence-electron chi connectivity index (χ2n) is 6.93. The molecule has 0 amide bonds. The van der Waals surface area contributed by atoms with E-state index < -0.39 is 0 Å². The summed E-state index contributed by atoms with van der Waals surface area (Å²) in [7, 11) is 0. The second-order valence-corrected chi connectivity index (χ2v) is 6.93. The topological polar surface area (TPSA) is 77.1 Å². The maximum absolute atomic E-state index is 9.14. The first-order valence-corrected chi connectivity index (χ1v) is 9.30. The molecule has 0 unspecified atom stereocenters. The van der Waals surface area contributed by atoms with Gasteiger partial charge in [0.05, 0.1) is 5.52 Å². The van der Waals surface area contributed by atoms with Crippen LogP contribution in [0.25, 0.3) is 10.9 Å². The number of aromatic amines is 1. The van der Waals surface area contributed by atoms with Crippen molar-refractivity contribution in [1.82, 2.24) is 15.0 Å². The molecule has 6 nitrogen and oxygen atoms in total. The minimum Gasteiger partial charge on any atom is -0.396 e. The van der Waals surface area contributed by atoms with Crippen molar-refractivity contribution in [3.63, 3.8) is 0 Å². The molecule has 136 valence electrons. The van der Waals surface area contributed by atoms with E-state index in [1.165, 1.54) is 5.39 Å². The van der Waals surface area contributed by atoms with Crippen molar-refractivity contribution in [3.8, 4) is 0 Å². The zero-order chi connectivity index (χ0) is 17.8. The fourth-order valence-electron chi connectivity index (χ4n) is 3.66. The summed E-state index contributed by atoms with van der Waals surface area (Å²) in [5.41, 5.74) is 2.16. The number of pyridine rings is 2. The summed E-state index contributed by atoms with van der Waals surface area (Å²) in [5, 5.41) is 13.8. The van der Waals surface area contributed by atoms with Crippen LogP contribution in [0.1, 0.15) is 24.8 Å². The second kappa shape index (κ2) is 7.74. The molecule has 1 aliphatic rings. The Morgan fingerprint density at radius 2 is 2.15 bits per heavy atom. The van der Waals surface area contributed by atoms with Gasteiger partial charge in [0.25, 0.3) is 0 Å². The molecule has 3 N–H and O–H groups in total. The molecule has 0 atom stereocenters. The fourth-order valence-corrected chi connectivity index (χ4v) is 3.66. The van der Waals surface area contributed by atoms with Crippen LogP contribution >= 0.6 is 0 Å². The number of aromatic nitrogens is 3. The average Bonchev–Trinajstić information content (AvgIpc) is 3.16. The number of hydrogen-bond donors (Lipinski definition) is 3. The molecule has 26 heavy (non-hydrogen) atoms. The van der Waals surface area contributed by atoms with Crippen molar-refractivity contribution in [1.29, 1.82) is 0 Å². The standard InChI is InChI=1S/C20H25N5O/c26-11-6-15-4-9-25(10-5-15)18-12-17-3-8-22-19(17)20(24-18)23-14-16-2-1-7-21-13-16/h1-3,7-8,12-13,15,22,26H,4-6,9-11,14H2,(H,23,24). The summed E-state index contributed by atoms with van der Waals surface area (Å²) in [6, 6.07) is 8.26. The first-order chi connectivity index (χ1) is 12.8. The van der Waals surface area contributed by atoms with Gasteiger partial charge in [-0.05, 0) is 48.9 Å². The summed E-state index contributed by atoms with van der Waals surface area (Å²) in [6.45, 7) is 2.98. The molecule has 1 saturated heterocycles. The smallest absolute Gasteiger partial charge is 0.153 e. The zero-order valence-corrected chi connectivity index (χ0v) is 14.9. The summed E-state index contributed by atoms with van der Waals surface area (Å²) in [5.74, 6) is 2.53. The highest BCUT2D eigenvalue weighted by molar-refractivity contribution is 5.91. The van der Waals surface area contributed by atoms with E-state index in [9.17, 15) is 0 Å². The van der Waals surface area contributed by atoms with Gasteiger partial charge >= 0.3 is 0 Å². The van der Waals surface area contributed by atoms with E-state index in [1.807, 2.05) is 18.5 Å². The molecule has 0 spiro atoms. The molecule has 1 fully saturated rings. The normalized spacial score (nSPS) is 15.5. The molecule has 0 bridgehead atoms. The number of anilines is 2. The Morgan fingerprint density at radius 3 is 2.92 bits per heavy atom. The maximum atomic E-state index is 9.14. The number of nitrogens with zero attached hydrogens (tertiary/aromatic N) is 3. The number of aliphatic hydroxyl groups excluding tert-OH is 1. The third-order valence-corrected chi connectivity index (χ3v) is 5.19. The van der Waals surface area contributed by atoms with Gasteiger partial charge in [-0.15, -0.1) is 0 Å². The van der Waals surface area contributed by atoms with E-state index in [0.717, 1.165) is 55.1 Å². The Labute approximate surface area is 153 Å². The average molecular weight is 351 g/mol. The fraction of sp³-hybridized carbons (Fsp3) is 0.400. The lowest BCUT2D eigenvalue weighted by Crippen LogP contribution is -2.34. The van der Waals surface area contributed by atoms with E-state index in [0.29, 0.717) is 19.1 Å². The molecule has 0 aliphatic carbocycles. The molecule has 1 aliphatic heterocycles. The number of rotatable bonds is 6. The van der Waals surface area contributed by atoms with Gasteiger partial charge in [-0.3, -0.25) is 4.98 Å². The molecule has 4 heterocycles. The van der Waals surface area contributed by atoms with Gasteiger partial charge in [0.15, 0.2) is 5.82 Å². The highest BCUT2D eigenvalue weighted by Gasteiger charge is 2.21. The van der Waals surface area contributed by atoms with Crippen LogP contribution in [-0.2, 0) is 6.54 Å². The van der Waals surface area contributed by atoms with E-state index in [2.05, 4.69) is 38.4 Å². The minimum atomic E-state index is 0.292. The van der Waals surface area contributed by atoms with Gasteiger partial charge in [0.1, 0.15) is 5.82 Å². The van der Waals surface area contributed by atoms with E-state index in [4.69, 9.17) is 10.1 Å². The molecule has 0 radical (unpaired) electrons. The first-order valence-electron chi connectivity index (χ1n) is 9.30. The predicted molar refractivity (Wildman–Crippen MR) is 104 cm³/mol. The van der Waals surface area contributed by atoms with Gasteiger partial charge in [0.2, 0.25) is 0 Å². The number of fused-ring (bicyclic) bond motifs is 1. The van der Waals surface area contributed by atoms with Crippen molar-refractivity contribution in [2.45, 2.75) is 25.8 Å². The number of piperidine rings is 1. The number of aliphatic hydroxyl groups is 1. The zero-order valence-electron chi connectivity index (χ0n) is 14.9. The van der Waals surface area contributed by atoms with Crippen LogP contribution in [0, 0.1) is 5.92 Å². The molecule has 3 aromatic heterocycles. The highest BCUT2D eigenvalue weighted by Crippen LogP contribution is 2.29. The predicted octanol–water partition coefficient (Wildman–Crippen LogP) is 3.17. The Morgan fingerprint density at radius 1 is 1.27 bits per heavy atom. The van der Waals surface area contributed by atoms with E-state index in [-0.39, 0.29) is 0 Å². The van der Waals surface area contributed by atoms with Crippen LogP contribution in [0.3, 0.4) is 0 Å². The van der Waals surface area contributed by atoms with Crippen LogP contribution in [-0.4, -0.2) is 39.8 Å². The van der Waals surface area contributed by atoms with Crippen LogP contribution in [0.4, 0.5) is 11.6 Å². The lowest BCUT2D eigenvalue weighted by Gasteiger charge is -2.33. The van der Waals surface area contributed by atoms with Crippen molar-refractivity contribution in [2.24, 2.45) is 5.92 Å². The number of H-pyrrole nitrogens is 1. The third-order valence-electron chi connectivity index (χ3n) is 5.19. The van der Waals surface area contributed by atoms with Crippen molar-refractivity contribution in [3.05, 3.63) is 48.4 Å². The SMILES string of the molecule is OCCC1CCN(c2cc3cc[nH]c3c(NCc3cccnc3)n2)CC1. The van der Waals surface area contributed by atoms with Gasteiger partial charge in [-0.25, -0.2) is 4.98 Å². The highest BCUT2D eigenvalue weighted by atomic mass is 16.3. The molecule has 6 heteroatoms. The summed E-state index contributed by atoms with van der Waals surface area (Å²) in [6.07, 6.45) is 8.76. The molecule has 0 saturated carbocycles. The summed E-state index contributed by atoms with van der Waals surface area (Å²) >= 11 is 0. The monoisotopic (exact) mass is 351 g/mol. The molecule has 3 aromatic rings. The van der Waals surface area contributed by atoms with Crippen molar-refractivity contribution in [2.75, 3.05) is 29.9 Å². The first kappa shape index (κ1) is 16.8. The Hall–Kier alpha value is -2.60. The maximum Gasteiger partial charge on any atom is 0.153 e. The van der Waals surface area contributed by atoms with Gasteiger partial charge < -0.3 is 20.3 Å². The van der Waals surface area contributed by atoms with E-state index in [1.54, 1.807) is 6.20 Å². The summed E-state index contributed by atoms with van der Waals surface area (Å²) < 4.78 is 0. The van der Waals surface area contributed by atoms with Gasteiger partial charge in [-0.1, -0.05) is 6.07 Å². The Balaban J connectivity index is 1.53. The van der Waals surface area contributed by atoms with Crippen molar-refractivity contribution < 1.29 is 5.11 Å². The quantitative estimate of drug-likeness (QED) is 0.636. The van der Waals surface area contributed by atoms with Crippen LogP contribution in [0.2, 0.25) is 0 Å². The Kier molecular flexibility index (Phi) is 5.02. The van der Waals surface area contributed by atoms with Crippen LogP contribution < -0.4 is 10.2 Å². The van der Waals surface area contributed by atoms with E-state index >= 15 is 0 Å². The van der Waals surface area contributed by atoms with Crippen LogP contribution in [0.15, 0.2) is 42.9 Å². The molecular weight excluding hydrogens is 326 g/mol. The lowest BCUT2D eigenvalue weighted by molar-refractivity contribution is 0.240. The van der Waals surface area contributed by atoms with Crippen LogP contribution in [0.5, 0.6) is 0 Å². The largest absolute Gasteiger partial charge is 0.396 e. The Bertz CT molecular complexity index is 840. The molecular formula is C20H25N5O. The lowest BCUT2D eigenvalue weighted by atomic mass is 9.94. The molecule has 0 aromatic carbocycles. The van der Waals surface area contributed by atoms with Gasteiger partial charge in [-0.2, -0.15) is 0 Å².